The number of carbonyl (C=O) groups excluding carboxylic acids is 2. The molecule has 124 valence electrons. The van der Waals surface area contributed by atoms with Gasteiger partial charge in [0.15, 0.2) is 11.4 Å². The smallest absolute Gasteiger partial charge is 0.400 e. The Morgan fingerprint density at radius 3 is 2.43 bits per heavy atom. The first-order chi connectivity index (χ1) is 10.6. The lowest BCUT2D eigenvalue weighted by Gasteiger charge is -2.32. The second-order valence-electron chi connectivity index (χ2n) is 6.32. The highest BCUT2D eigenvalue weighted by atomic mass is 32.2. The van der Waals surface area contributed by atoms with Gasteiger partial charge in [-0.1, -0.05) is 11.8 Å². The first-order valence-electron chi connectivity index (χ1n) is 7.25. The van der Waals surface area contributed by atoms with Gasteiger partial charge >= 0.3 is 7.12 Å². The van der Waals surface area contributed by atoms with Crippen LogP contribution in [-0.2, 0) is 14.1 Å². The number of rotatable bonds is 5. The molecule has 0 radical (unpaired) electrons. The molecular formula is C15H20BNO4S2. The molecule has 1 saturated heterocycles. The van der Waals surface area contributed by atoms with Gasteiger partial charge in [0.05, 0.1) is 11.2 Å². The van der Waals surface area contributed by atoms with E-state index in [1.54, 1.807) is 5.38 Å². The van der Waals surface area contributed by atoms with E-state index in [1.807, 2.05) is 33.8 Å². The van der Waals surface area contributed by atoms with E-state index >= 15 is 0 Å². The Bertz CT molecular complexity index is 623. The summed E-state index contributed by atoms with van der Waals surface area (Å²) >= 11 is 2.57. The zero-order chi connectivity index (χ0) is 17.3. The predicted octanol–water partition coefficient (Wildman–Crippen LogP) is 3.25. The van der Waals surface area contributed by atoms with Crippen molar-refractivity contribution in [1.29, 1.82) is 0 Å². The van der Waals surface area contributed by atoms with E-state index in [9.17, 15) is 9.59 Å². The molecule has 1 aliphatic rings. The minimum Gasteiger partial charge on any atom is -0.400 e. The van der Waals surface area contributed by atoms with Crippen LogP contribution >= 0.6 is 23.1 Å². The Morgan fingerprint density at radius 1 is 1.35 bits per heavy atom. The van der Waals surface area contributed by atoms with E-state index in [0.29, 0.717) is 22.7 Å². The summed E-state index contributed by atoms with van der Waals surface area (Å²) in [5.74, 6) is 0.460. The standard InChI is InChI=1S/C15H20BNO4S2/c1-10(19)22-8-11(6-13-17-12(7-18)9-23-13)16-20-14(2,3)15(4,5)21-16/h6-7,9H,8H2,1-5H3. The van der Waals surface area contributed by atoms with Crippen molar-refractivity contribution >= 4 is 47.7 Å². The molecule has 5 nitrogen and oxygen atoms in total. The average molecular weight is 353 g/mol. The molecule has 1 aliphatic heterocycles. The molecule has 1 aromatic heterocycles. The van der Waals surface area contributed by atoms with Gasteiger partial charge in [-0.2, -0.15) is 0 Å². The molecule has 0 amide bonds. The van der Waals surface area contributed by atoms with Crippen molar-refractivity contribution in [2.45, 2.75) is 45.8 Å². The fourth-order valence-electron chi connectivity index (χ4n) is 1.94. The van der Waals surface area contributed by atoms with Crippen molar-refractivity contribution in [3.8, 4) is 0 Å². The van der Waals surface area contributed by atoms with Crippen LogP contribution in [0.3, 0.4) is 0 Å². The second-order valence-corrected chi connectivity index (χ2v) is 8.36. The third kappa shape index (κ3) is 4.32. The summed E-state index contributed by atoms with van der Waals surface area (Å²) in [6, 6.07) is 0. The molecule has 1 fully saturated rings. The number of hydrogen-bond acceptors (Lipinski definition) is 7. The Balaban J connectivity index is 2.27. The van der Waals surface area contributed by atoms with Gasteiger partial charge in [0.2, 0.25) is 0 Å². The zero-order valence-corrected chi connectivity index (χ0v) is 15.5. The van der Waals surface area contributed by atoms with Crippen molar-refractivity contribution in [2.24, 2.45) is 0 Å². The molecule has 0 N–H and O–H groups in total. The fraction of sp³-hybridized carbons (Fsp3) is 0.533. The van der Waals surface area contributed by atoms with Gasteiger partial charge in [-0.25, -0.2) is 4.98 Å². The largest absolute Gasteiger partial charge is 0.491 e. The van der Waals surface area contributed by atoms with Crippen LogP contribution < -0.4 is 0 Å². The Morgan fingerprint density at radius 2 is 1.96 bits per heavy atom. The Kier molecular flexibility index (Phi) is 5.50. The van der Waals surface area contributed by atoms with E-state index < -0.39 is 18.3 Å². The number of nitrogens with zero attached hydrogens (tertiary/aromatic N) is 1. The quantitative estimate of drug-likeness (QED) is 0.598. The summed E-state index contributed by atoms with van der Waals surface area (Å²) in [4.78, 5) is 26.3. The predicted molar refractivity (Wildman–Crippen MR) is 94.7 cm³/mol. The lowest BCUT2D eigenvalue weighted by Crippen LogP contribution is -2.41. The zero-order valence-electron chi connectivity index (χ0n) is 13.9. The fourth-order valence-corrected chi connectivity index (χ4v) is 3.25. The molecule has 0 saturated carbocycles. The minimum absolute atomic E-state index is 0.0279. The van der Waals surface area contributed by atoms with Crippen LogP contribution in [0.1, 0.15) is 50.1 Å². The van der Waals surface area contributed by atoms with Gasteiger partial charge in [-0.15, -0.1) is 11.3 Å². The molecule has 1 aromatic rings. The van der Waals surface area contributed by atoms with Crippen molar-refractivity contribution in [2.75, 3.05) is 5.75 Å². The average Bonchev–Trinajstić information content (AvgIpc) is 2.97. The monoisotopic (exact) mass is 353 g/mol. The van der Waals surface area contributed by atoms with Gasteiger partial charge < -0.3 is 9.31 Å². The molecule has 0 aromatic carbocycles. The Hall–Kier alpha value is -0.955. The number of aromatic nitrogens is 1. The normalized spacial score (nSPS) is 19.9. The van der Waals surface area contributed by atoms with Gasteiger partial charge in [-0.3, -0.25) is 9.59 Å². The molecule has 0 atom stereocenters. The van der Waals surface area contributed by atoms with Crippen LogP contribution in [0.4, 0.5) is 0 Å². The highest BCUT2D eigenvalue weighted by Gasteiger charge is 2.52. The third-order valence-electron chi connectivity index (χ3n) is 3.97. The van der Waals surface area contributed by atoms with E-state index in [1.165, 1.54) is 30.0 Å². The summed E-state index contributed by atoms with van der Waals surface area (Å²) in [5.41, 5.74) is 0.326. The molecule has 0 spiro atoms. The summed E-state index contributed by atoms with van der Waals surface area (Å²) in [6.07, 6.45) is 2.56. The maximum absolute atomic E-state index is 11.3. The summed E-state index contributed by atoms with van der Waals surface area (Å²) in [6.45, 7) is 9.46. The second kappa shape index (κ2) is 6.89. The molecule has 0 aliphatic carbocycles. The van der Waals surface area contributed by atoms with Crippen LogP contribution in [0.25, 0.3) is 6.08 Å². The topological polar surface area (TPSA) is 65.5 Å². The van der Waals surface area contributed by atoms with Crippen molar-refractivity contribution < 1.29 is 18.9 Å². The highest BCUT2D eigenvalue weighted by Crippen LogP contribution is 2.39. The molecule has 0 bridgehead atoms. The number of thiazole rings is 1. The molecular weight excluding hydrogens is 333 g/mol. The maximum atomic E-state index is 11.3. The first kappa shape index (κ1) is 18.4. The maximum Gasteiger partial charge on any atom is 0.491 e. The van der Waals surface area contributed by atoms with E-state index in [0.717, 1.165) is 5.47 Å². The number of carbonyl (C=O) groups is 2. The number of aldehydes is 1. The van der Waals surface area contributed by atoms with Crippen LogP contribution in [0.2, 0.25) is 0 Å². The number of thioether (sulfide) groups is 1. The van der Waals surface area contributed by atoms with Crippen LogP contribution in [0, 0.1) is 0 Å². The number of hydrogen-bond donors (Lipinski definition) is 0. The van der Waals surface area contributed by atoms with E-state index in [4.69, 9.17) is 9.31 Å². The SMILES string of the molecule is CC(=O)SCC(=Cc1nc(C=O)cs1)B1OC(C)(C)C(C)(C)O1. The molecule has 8 heteroatoms. The third-order valence-corrected chi connectivity index (χ3v) is 5.66. The first-order valence-corrected chi connectivity index (χ1v) is 9.11. The van der Waals surface area contributed by atoms with E-state index in [2.05, 4.69) is 4.98 Å². The molecule has 0 unspecified atom stereocenters. The molecule has 2 heterocycles. The highest BCUT2D eigenvalue weighted by molar-refractivity contribution is 8.13. The summed E-state index contributed by atoms with van der Waals surface area (Å²) < 4.78 is 12.1. The van der Waals surface area contributed by atoms with Crippen LogP contribution in [0.5, 0.6) is 0 Å². The van der Waals surface area contributed by atoms with Crippen molar-refractivity contribution in [3.63, 3.8) is 0 Å². The van der Waals surface area contributed by atoms with Crippen molar-refractivity contribution in [3.05, 3.63) is 21.6 Å². The summed E-state index contributed by atoms with van der Waals surface area (Å²) in [7, 11) is -0.532. The van der Waals surface area contributed by atoms with Gasteiger partial charge in [-0.05, 0) is 39.2 Å². The lowest BCUT2D eigenvalue weighted by atomic mass is 9.79. The van der Waals surface area contributed by atoms with Gasteiger partial charge in [0.25, 0.3) is 0 Å². The molecule has 2 rings (SSSR count). The van der Waals surface area contributed by atoms with Crippen LogP contribution in [0.15, 0.2) is 10.9 Å². The lowest BCUT2D eigenvalue weighted by molar-refractivity contribution is -0.109. The van der Waals surface area contributed by atoms with Crippen LogP contribution in [-0.4, -0.2) is 40.5 Å². The summed E-state index contributed by atoms with van der Waals surface area (Å²) in [5, 5.41) is 2.42. The minimum atomic E-state index is -0.532. The van der Waals surface area contributed by atoms with E-state index in [-0.39, 0.29) is 5.12 Å². The van der Waals surface area contributed by atoms with Gasteiger partial charge in [0, 0.05) is 18.1 Å². The van der Waals surface area contributed by atoms with Crippen molar-refractivity contribution in [1.82, 2.24) is 4.98 Å². The molecule has 23 heavy (non-hydrogen) atoms. The Labute approximate surface area is 145 Å². The van der Waals surface area contributed by atoms with Gasteiger partial charge in [0.1, 0.15) is 10.7 Å².